The lowest BCUT2D eigenvalue weighted by Gasteiger charge is -2.23. The summed E-state index contributed by atoms with van der Waals surface area (Å²) in [6.45, 7) is 0. The first-order valence-corrected chi connectivity index (χ1v) is 27.9. The smallest absolute Gasteiger partial charge is 0.309 e. The van der Waals surface area contributed by atoms with Crippen LogP contribution in [0, 0.1) is 0 Å². The molecule has 0 N–H and O–H groups in total. The number of rotatable bonds is 10. The SMILES string of the molecule is FC(F)(F)c1cccc(-c2ccc(-c3nc(-c4ccccc4)nc(-c4ccccc4)n3)cc2-n2c3ccc(-c4ccccc4)cc3c3cc(-c4ccccc4)ccc32)c1-n1c2ccc(-c3ccccc3)cc2c2cc(-c3ccccc3)ccc21. The van der Waals surface area contributed by atoms with Gasteiger partial charge in [0.1, 0.15) is 0 Å². The number of para-hydroxylation sites is 1. The maximum absolute atomic E-state index is 16.5. The minimum absolute atomic E-state index is 0.00954. The van der Waals surface area contributed by atoms with Gasteiger partial charge in [0.15, 0.2) is 17.5 Å². The third-order valence-electron chi connectivity index (χ3n) is 16.0. The van der Waals surface area contributed by atoms with Gasteiger partial charge in [0.2, 0.25) is 0 Å². The Hall–Kier alpha value is -11.0. The van der Waals surface area contributed by atoms with E-state index in [1.807, 2.05) is 187 Å². The van der Waals surface area contributed by atoms with E-state index in [9.17, 15) is 0 Å². The molecule has 15 rings (SSSR count). The second-order valence-corrected chi connectivity index (χ2v) is 21.0. The number of nitrogens with zero attached hydrogens (tertiary/aromatic N) is 5. The summed E-state index contributed by atoms with van der Waals surface area (Å²) in [7, 11) is 0. The van der Waals surface area contributed by atoms with E-state index in [1.165, 1.54) is 12.1 Å². The monoisotopic (exact) mass is 1090 g/mol. The second kappa shape index (κ2) is 20.5. The summed E-state index contributed by atoms with van der Waals surface area (Å²) in [4.78, 5) is 15.4. The Labute approximate surface area is 482 Å². The molecule has 0 bridgehead atoms. The van der Waals surface area contributed by atoms with Crippen molar-refractivity contribution in [2.75, 3.05) is 0 Å². The van der Waals surface area contributed by atoms with Crippen LogP contribution in [0.25, 0.3) is 145 Å². The molecule has 0 aliphatic heterocycles. The normalized spacial score (nSPS) is 11.8. The average Bonchev–Trinajstić information content (AvgIpc) is 1.77. The Morgan fingerprint density at radius 3 is 0.929 bits per heavy atom. The number of alkyl halides is 3. The van der Waals surface area contributed by atoms with E-state index in [2.05, 4.69) is 102 Å². The lowest BCUT2D eigenvalue weighted by molar-refractivity contribution is -0.137. The molecule has 0 atom stereocenters. The summed E-state index contributed by atoms with van der Waals surface area (Å²) < 4.78 is 53.4. The van der Waals surface area contributed by atoms with Crippen molar-refractivity contribution in [1.29, 1.82) is 0 Å². The molecule has 398 valence electrons. The fourth-order valence-corrected chi connectivity index (χ4v) is 12.0. The first kappa shape index (κ1) is 50.0. The third-order valence-corrected chi connectivity index (χ3v) is 16.0. The van der Waals surface area contributed by atoms with Crippen LogP contribution in [0.2, 0.25) is 0 Å². The summed E-state index contributed by atoms with van der Waals surface area (Å²) in [5.74, 6) is 1.38. The molecular formula is C76H48F3N5. The Morgan fingerprint density at radius 2 is 0.571 bits per heavy atom. The largest absolute Gasteiger partial charge is 0.418 e. The minimum atomic E-state index is -4.77. The summed E-state index contributed by atoms with van der Waals surface area (Å²) in [6.07, 6.45) is -4.77. The van der Waals surface area contributed by atoms with Crippen molar-refractivity contribution in [2.24, 2.45) is 0 Å². The van der Waals surface area contributed by atoms with Crippen LogP contribution in [0.4, 0.5) is 13.2 Å². The average molecular weight is 1090 g/mol. The van der Waals surface area contributed by atoms with Crippen molar-refractivity contribution in [2.45, 2.75) is 6.18 Å². The van der Waals surface area contributed by atoms with E-state index in [0.29, 0.717) is 50.9 Å². The van der Waals surface area contributed by atoms with Gasteiger partial charge < -0.3 is 9.13 Å². The van der Waals surface area contributed by atoms with Gasteiger partial charge in [-0.15, -0.1) is 0 Å². The van der Waals surface area contributed by atoms with Crippen LogP contribution < -0.4 is 0 Å². The number of hydrogen-bond acceptors (Lipinski definition) is 3. The van der Waals surface area contributed by atoms with Crippen LogP contribution in [-0.4, -0.2) is 24.1 Å². The van der Waals surface area contributed by atoms with Gasteiger partial charge >= 0.3 is 6.18 Å². The molecule has 0 spiro atoms. The molecule has 0 aliphatic rings. The van der Waals surface area contributed by atoms with E-state index in [1.54, 1.807) is 0 Å². The first-order valence-electron chi connectivity index (χ1n) is 27.9. The Kier molecular flexibility index (Phi) is 12.2. The van der Waals surface area contributed by atoms with Crippen LogP contribution >= 0.6 is 0 Å². The van der Waals surface area contributed by atoms with E-state index in [0.717, 1.165) is 88.2 Å². The standard InChI is InChI=1S/C76H48F3N5/c77-76(78,79)66-33-19-32-61(72(66)84-69-42-37-57(51-24-11-3-12-25-51)46-64(69)65-47-58(38-43-70(65)84)52-26-13-4-14-27-52)60-39-34-59(75-81-73(53-28-15-5-16-29-53)80-74(82-75)54-30-17-6-18-31-54)48-71(60)83-67-40-35-55(49-20-7-1-8-21-49)44-62(67)63-45-56(36-41-68(63)83)50-22-9-2-10-23-50/h1-48H. The van der Waals surface area contributed by atoms with Crippen LogP contribution in [0.5, 0.6) is 0 Å². The topological polar surface area (TPSA) is 48.5 Å². The number of halogens is 3. The highest BCUT2D eigenvalue weighted by Gasteiger charge is 2.37. The van der Waals surface area contributed by atoms with Crippen LogP contribution in [-0.2, 0) is 6.18 Å². The minimum Gasteiger partial charge on any atom is -0.309 e. The van der Waals surface area contributed by atoms with Gasteiger partial charge in [0.25, 0.3) is 0 Å². The highest BCUT2D eigenvalue weighted by Crippen LogP contribution is 2.48. The molecule has 15 aromatic rings. The highest BCUT2D eigenvalue weighted by atomic mass is 19.4. The molecule has 5 nitrogen and oxygen atoms in total. The maximum Gasteiger partial charge on any atom is 0.418 e. The van der Waals surface area contributed by atoms with Gasteiger partial charge in [-0.1, -0.05) is 231 Å². The first-order chi connectivity index (χ1) is 41.3. The lowest BCUT2D eigenvalue weighted by Crippen LogP contribution is -2.12. The molecule has 0 aliphatic carbocycles. The van der Waals surface area contributed by atoms with Gasteiger partial charge in [-0.25, -0.2) is 15.0 Å². The van der Waals surface area contributed by atoms with Crippen molar-refractivity contribution < 1.29 is 13.2 Å². The lowest BCUT2D eigenvalue weighted by atomic mass is 9.95. The molecule has 84 heavy (non-hydrogen) atoms. The molecule has 0 radical (unpaired) electrons. The fourth-order valence-electron chi connectivity index (χ4n) is 12.0. The van der Waals surface area contributed by atoms with Gasteiger partial charge in [-0.2, -0.15) is 13.2 Å². The Bertz CT molecular complexity index is 4710. The molecule has 0 amide bonds. The molecule has 0 unspecified atom stereocenters. The molecule has 12 aromatic carbocycles. The van der Waals surface area contributed by atoms with Gasteiger partial charge in [0, 0.05) is 49.4 Å². The molecule has 3 heterocycles. The third kappa shape index (κ3) is 8.89. The van der Waals surface area contributed by atoms with Gasteiger partial charge in [0.05, 0.1) is 39.0 Å². The van der Waals surface area contributed by atoms with Crippen molar-refractivity contribution in [3.63, 3.8) is 0 Å². The van der Waals surface area contributed by atoms with E-state index < -0.39 is 11.7 Å². The number of fused-ring (bicyclic) bond motifs is 6. The molecule has 0 saturated carbocycles. The van der Waals surface area contributed by atoms with Crippen LogP contribution in [0.3, 0.4) is 0 Å². The zero-order chi connectivity index (χ0) is 56.3. The summed E-state index contributed by atoms with van der Waals surface area (Å²) in [5.41, 5.74) is 14.2. The highest BCUT2D eigenvalue weighted by molar-refractivity contribution is 6.14. The van der Waals surface area contributed by atoms with E-state index in [-0.39, 0.29) is 5.69 Å². The van der Waals surface area contributed by atoms with E-state index in [4.69, 9.17) is 15.0 Å². The molecule has 8 heteroatoms. The Balaban J connectivity index is 1.05. The van der Waals surface area contributed by atoms with Crippen molar-refractivity contribution >= 4 is 43.6 Å². The van der Waals surface area contributed by atoms with Crippen LogP contribution in [0.15, 0.2) is 291 Å². The molecule has 0 saturated heterocycles. The quantitative estimate of drug-likeness (QED) is 0.137. The number of benzene rings is 12. The summed E-state index contributed by atoms with van der Waals surface area (Å²) in [6, 6.07) is 96.0. The second-order valence-electron chi connectivity index (χ2n) is 21.0. The van der Waals surface area contributed by atoms with Gasteiger partial charge in [-0.05, 0) is 105 Å². The van der Waals surface area contributed by atoms with Crippen molar-refractivity contribution in [3.05, 3.63) is 297 Å². The number of aromatic nitrogens is 5. The number of hydrogen-bond donors (Lipinski definition) is 0. The fraction of sp³-hybridized carbons (Fsp3) is 0.0132. The van der Waals surface area contributed by atoms with Gasteiger partial charge in [-0.3, -0.25) is 0 Å². The van der Waals surface area contributed by atoms with Crippen molar-refractivity contribution in [1.82, 2.24) is 24.1 Å². The molecule has 0 fully saturated rings. The zero-order valence-corrected chi connectivity index (χ0v) is 45.1. The summed E-state index contributed by atoms with van der Waals surface area (Å²) >= 11 is 0. The van der Waals surface area contributed by atoms with Crippen molar-refractivity contribution in [3.8, 4) is 101 Å². The predicted molar refractivity (Wildman–Crippen MR) is 337 cm³/mol. The predicted octanol–water partition coefficient (Wildman–Crippen LogP) is 20.4. The Morgan fingerprint density at radius 1 is 0.250 bits per heavy atom. The maximum atomic E-state index is 16.5. The van der Waals surface area contributed by atoms with E-state index >= 15 is 13.2 Å². The molecular weight excluding hydrogens is 1040 g/mol. The van der Waals surface area contributed by atoms with Crippen LogP contribution in [0.1, 0.15) is 5.56 Å². The zero-order valence-electron chi connectivity index (χ0n) is 45.1. The summed E-state index contributed by atoms with van der Waals surface area (Å²) in [5, 5.41) is 3.61. The molecule has 3 aromatic heterocycles.